The predicted molar refractivity (Wildman–Crippen MR) is 107 cm³/mol. The van der Waals surface area contributed by atoms with Gasteiger partial charge in [-0.25, -0.2) is 9.59 Å². The van der Waals surface area contributed by atoms with Gasteiger partial charge in [-0.3, -0.25) is 10.2 Å². The largest absolute Gasteiger partial charge is 0.447 e. The Balaban J connectivity index is 2.11. The van der Waals surface area contributed by atoms with Crippen molar-refractivity contribution in [3.63, 3.8) is 0 Å². The van der Waals surface area contributed by atoms with Crippen molar-refractivity contribution in [1.82, 2.24) is 0 Å². The van der Waals surface area contributed by atoms with E-state index in [-0.39, 0.29) is 24.3 Å². The third kappa shape index (κ3) is 6.66. The molecule has 27 heavy (non-hydrogen) atoms. The van der Waals surface area contributed by atoms with E-state index in [4.69, 9.17) is 32.7 Å². The van der Waals surface area contributed by atoms with Crippen molar-refractivity contribution in [2.24, 2.45) is 0 Å². The lowest BCUT2D eigenvalue weighted by molar-refractivity contribution is 0.130. The van der Waals surface area contributed by atoms with E-state index >= 15 is 0 Å². The summed E-state index contributed by atoms with van der Waals surface area (Å²) in [5.74, 6) is 0.494. The van der Waals surface area contributed by atoms with Crippen LogP contribution < -0.4 is 15.0 Å². The minimum atomic E-state index is -0.611. The van der Waals surface area contributed by atoms with Gasteiger partial charge in [-0.2, -0.15) is 0 Å². The molecule has 0 bridgehead atoms. The number of anilines is 2. The lowest BCUT2D eigenvalue weighted by Crippen LogP contribution is -2.35. The fourth-order valence-corrected chi connectivity index (χ4v) is 2.56. The maximum absolute atomic E-state index is 12.6. The Bertz CT molecular complexity index is 799. The van der Waals surface area contributed by atoms with E-state index in [0.717, 1.165) is 0 Å². The minimum absolute atomic E-state index is 0.226. The van der Waals surface area contributed by atoms with Crippen LogP contribution in [0.15, 0.2) is 48.5 Å². The molecule has 0 aliphatic heterocycles. The molecule has 2 amide bonds. The topological polar surface area (TPSA) is 67.9 Å². The number of amides is 2. The second-order valence-electron chi connectivity index (χ2n) is 5.80. The van der Waals surface area contributed by atoms with Crippen molar-refractivity contribution in [2.75, 3.05) is 22.6 Å². The number of halogens is 2. The molecule has 1 N–H and O–H groups in total. The quantitative estimate of drug-likeness (QED) is 0.634. The zero-order chi connectivity index (χ0) is 19.8. The molecule has 0 aliphatic carbocycles. The second kappa shape index (κ2) is 10.0. The number of alkyl halides is 1. The zero-order valence-corrected chi connectivity index (χ0v) is 16.5. The van der Waals surface area contributed by atoms with Gasteiger partial charge >= 0.3 is 12.2 Å². The van der Waals surface area contributed by atoms with Crippen molar-refractivity contribution in [2.45, 2.75) is 20.0 Å². The third-order valence-corrected chi connectivity index (χ3v) is 3.68. The summed E-state index contributed by atoms with van der Waals surface area (Å²) in [5.41, 5.74) is 1.01. The summed E-state index contributed by atoms with van der Waals surface area (Å²) in [4.78, 5) is 25.7. The van der Waals surface area contributed by atoms with Gasteiger partial charge in [0.15, 0.2) is 0 Å². The van der Waals surface area contributed by atoms with E-state index in [1.807, 2.05) is 0 Å². The van der Waals surface area contributed by atoms with Gasteiger partial charge < -0.3 is 9.47 Å². The van der Waals surface area contributed by atoms with Gasteiger partial charge in [-0.05, 0) is 44.2 Å². The summed E-state index contributed by atoms with van der Waals surface area (Å²) < 4.78 is 10.4. The van der Waals surface area contributed by atoms with Crippen LogP contribution in [0.4, 0.5) is 21.0 Å². The molecule has 0 aromatic heterocycles. The first-order valence-corrected chi connectivity index (χ1v) is 9.19. The van der Waals surface area contributed by atoms with Crippen LogP contribution >= 0.6 is 23.2 Å². The Morgan fingerprint density at radius 3 is 2.56 bits per heavy atom. The van der Waals surface area contributed by atoms with Gasteiger partial charge in [0.25, 0.3) is 0 Å². The molecule has 0 heterocycles. The zero-order valence-electron chi connectivity index (χ0n) is 14.9. The van der Waals surface area contributed by atoms with Gasteiger partial charge in [-0.1, -0.05) is 23.7 Å². The third-order valence-electron chi connectivity index (χ3n) is 3.28. The SMILES string of the molecule is CC(C)OC(=O)Nc1cccc(OC(=O)N(CCCl)c2cccc(Cl)c2)c1. The average Bonchev–Trinajstić information content (AvgIpc) is 2.59. The van der Waals surface area contributed by atoms with Gasteiger partial charge in [0.2, 0.25) is 0 Å². The van der Waals surface area contributed by atoms with Crippen molar-refractivity contribution < 1.29 is 19.1 Å². The van der Waals surface area contributed by atoms with Crippen molar-refractivity contribution in [1.29, 1.82) is 0 Å². The van der Waals surface area contributed by atoms with Crippen LogP contribution in [0.3, 0.4) is 0 Å². The molecule has 0 fully saturated rings. The number of hydrogen-bond acceptors (Lipinski definition) is 4. The van der Waals surface area contributed by atoms with Gasteiger partial charge in [0, 0.05) is 34.9 Å². The van der Waals surface area contributed by atoms with Crippen molar-refractivity contribution >= 4 is 46.8 Å². The molecule has 144 valence electrons. The van der Waals surface area contributed by atoms with Gasteiger partial charge in [0.1, 0.15) is 5.75 Å². The first kappa shape index (κ1) is 20.9. The molecular weight excluding hydrogens is 391 g/mol. The number of rotatable bonds is 6. The Hall–Kier alpha value is -2.44. The van der Waals surface area contributed by atoms with Crippen molar-refractivity contribution in [3.8, 4) is 5.75 Å². The summed E-state index contributed by atoms with van der Waals surface area (Å²) in [7, 11) is 0. The maximum Gasteiger partial charge on any atom is 0.419 e. The first-order valence-electron chi connectivity index (χ1n) is 8.27. The molecule has 0 spiro atoms. The highest BCUT2D eigenvalue weighted by atomic mass is 35.5. The van der Waals surface area contributed by atoms with Crippen LogP contribution in [-0.4, -0.2) is 30.7 Å². The molecule has 2 rings (SSSR count). The summed E-state index contributed by atoms with van der Waals surface area (Å²) in [6.07, 6.45) is -1.44. The average molecular weight is 411 g/mol. The standard InChI is InChI=1S/C19H20Cl2N2O4/c1-13(2)26-18(24)22-15-6-4-8-17(12-15)27-19(25)23(10-9-20)16-7-3-5-14(21)11-16/h3-8,11-13H,9-10H2,1-2H3,(H,22,24). The highest BCUT2D eigenvalue weighted by molar-refractivity contribution is 6.30. The van der Waals surface area contributed by atoms with E-state index in [9.17, 15) is 9.59 Å². The fourth-order valence-electron chi connectivity index (χ4n) is 2.21. The number of hydrogen-bond donors (Lipinski definition) is 1. The Morgan fingerprint density at radius 2 is 1.89 bits per heavy atom. The van der Waals surface area contributed by atoms with Crippen LogP contribution in [0.2, 0.25) is 5.02 Å². The lowest BCUT2D eigenvalue weighted by Gasteiger charge is -2.21. The normalized spacial score (nSPS) is 10.4. The van der Waals surface area contributed by atoms with E-state index in [1.54, 1.807) is 56.3 Å². The molecule has 6 nitrogen and oxygen atoms in total. The number of nitrogens with zero attached hydrogens (tertiary/aromatic N) is 1. The van der Waals surface area contributed by atoms with Crippen LogP contribution in [0.1, 0.15) is 13.8 Å². The lowest BCUT2D eigenvalue weighted by atomic mass is 10.3. The smallest absolute Gasteiger partial charge is 0.419 e. The Labute approximate surface area is 168 Å². The number of carbonyl (C=O) groups excluding carboxylic acids is 2. The van der Waals surface area contributed by atoms with Crippen LogP contribution in [0, 0.1) is 0 Å². The van der Waals surface area contributed by atoms with Crippen LogP contribution in [0.5, 0.6) is 5.75 Å². The van der Waals surface area contributed by atoms with Gasteiger partial charge in [-0.15, -0.1) is 11.6 Å². The number of nitrogens with one attached hydrogen (secondary N) is 1. The number of benzene rings is 2. The van der Waals surface area contributed by atoms with Crippen molar-refractivity contribution in [3.05, 3.63) is 53.6 Å². The molecule has 8 heteroatoms. The molecule has 0 atom stereocenters. The number of ether oxygens (including phenoxy) is 2. The van der Waals surface area contributed by atoms with E-state index in [2.05, 4.69) is 5.32 Å². The Morgan fingerprint density at radius 1 is 1.15 bits per heavy atom. The molecular formula is C19H20Cl2N2O4. The molecule has 2 aromatic carbocycles. The molecule has 0 saturated heterocycles. The predicted octanol–water partition coefficient (Wildman–Crippen LogP) is 5.54. The molecule has 0 unspecified atom stereocenters. The van der Waals surface area contributed by atoms with Crippen LogP contribution in [0.25, 0.3) is 0 Å². The van der Waals surface area contributed by atoms with E-state index < -0.39 is 12.2 Å². The minimum Gasteiger partial charge on any atom is -0.447 e. The summed E-state index contributed by atoms with van der Waals surface area (Å²) in [5, 5.41) is 3.07. The monoisotopic (exact) mass is 410 g/mol. The van der Waals surface area contributed by atoms with E-state index in [1.165, 1.54) is 11.0 Å². The summed E-state index contributed by atoms with van der Waals surface area (Å²) in [6.45, 7) is 3.75. The molecule has 0 aliphatic rings. The summed E-state index contributed by atoms with van der Waals surface area (Å²) in [6, 6.07) is 13.3. The number of carbonyl (C=O) groups is 2. The first-order chi connectivity index (χ1) is 12.9. The highest BCUT2D eigenvalue weighted by Gasteiger charge is 2.18. The maximum atomic E-state index is 12.6. The van der Waals surface area contributed by atoms with Gasteiger partial charge in [0.05, 0.1) is 6.10 Å². The second-order valence-corrected chi connectivity index (χ2v) is 6.61. The summed E-state index contributed by atoms with van der Waals surface area (Å²) >= 11 is 11.8. The van der Waals surface area contributed by atoms with E-state index in [0.29, 0.717) is 16.4 Å². The molecule has 0 saturated carbocycles. The highest BCUT2D eigenvalue weighted by Crippen LogP contribution is 2.23. The molecule has 2 aromatic rings. The fraction of sp³-hybridized carbons (Fsp3) is 0.263. The Kier molecular flexibility index (Phi) is 7.76. The molecule has 0 radical (unpaired) electrons. The van der Waals surface area contributed by atoms with Crippen LogP contribution in [-0.2, 0) is 4.74 Å².